The Morgan fingerprint density at radius 3 is 3.17 bits per heavy atom. The maximum absolute atomic E-state index is 11.4. The van der Waals surface area contributed by atoms with Crippen molar-refractivity contribution in [2.45, 2.75) is 13.3 Å². The van der Waals surface area contributed by atoms with E-state index < -0.39 is 0 Å². The Morgan fingerprint density at radius 1 is 1.46 bits per heavy atom. The van der Waals surface area contributed by atoms with Gasteiger partial charge in [-0.05, 0) is 24.6 Å². The number of rotatable bonds is 6. The molecular weight excluding hydrogens is 346 g/mol. The number of nitrogen functional groups attached to an aromatic ring is 1. The van der Waals surface area contributed by atoms with Gasteiger partial charge in [0.05, 0.1) is 35.2 Å². The van der Waals surface area contributed by atoms with Crippen LogP contribution in [0.4, 0.5) is 10.3 Å². The zero-order valence-corrected chi connectivity index (χ0v) is 14.5. The van der Waals surface area contributed by atoms with Crippen LogP contribution >= 0.6 is 22.7 Å². The number of nitrogens with one attached hydrogen (secondary N) is 1. The zero-order valence-electron chi connectivity index (χ0n) is 12.9. The van der Waals surface area contributed by atoms with Gasteiger partial charge in [-0.15, -0.1) is 11.3 Å². The van der Waals surface area contributed by atoms with Crippen LogP contribution in [0.3, 0.4) is 0 Å². The van der Waals surface area contributed by atoms with Gasteiger partial charge in [0.1, 0.15) is 0 Å². The van der Waals surface area contributed by atoms with Crippen LogP contribution in [-0.4, -0.2) is 28.8 Å². The number of esters is 1. The maximum Gasteiger partial charge on any atom is 0.311 e. The zero-order chi connectivity index (χ0) is 16.9. The van der Waals surface area contributed by atoms with Crippen molar-refractivity contribution < 1.29 is 9.53 Å². The van der Waals surface area contributed by atoms with Gasteiger partial charge in [-0.2, -0.15) is 5.10 Å². The molecule has 9 heteroatoms. The van der Waals surface area contributed by atoms with E-state index >= 15 is 0 Å². The van der Waals surface area contributed by atoms with Gasteiger partial charge in [0.15, 0.2) is 5.13 Å². The molecule has 2 heterocycles. The van der Waals surface area contributed by atoms with E-state index in [0.29, 0.717) is 22.6 Å². The molecule has 0 aliphatic rings. The summed E-state index contributed by atoms with van der Waals surface area (Å²) < 4.78 is 5.91. The van der Waals surface area contributed by atoms with Crippen LogP contribution in [0.5, 0.6) is 0 Å². The van der Waals surface area contributed by atoms with Crippen LogP contribution in [0.1, 0.15) is 18.2 Å². The van der Waals surface area contributed by atoms with E-state index in [0.717, 1.165) is 15.8 Å². The number of aromatic nitrogens is 2. The van der Waals surface area contributed by atoms with Crippen LogP contribution in [0, 0.1) is 0 Å². The quantitative estimate of drug-likeness (QED) is 0.398. The average Bonchev–Trinajstić information content (AvgIpc) is 3.12. The average molecular weight is 361 g/mol. The topological polar surface area (TPSA) is 102 Å². The normalized spacial score (nSPS) is 11.2. The molecule has 3 N–H and O–H groups in total. The van der Waals surface area contributed by atoms with E-state index in [1.807, 2.05) is 18.2 Å². The minimum absolute atomic E-state index is 0.166. The SMILES string of the molecule is CCOC(=O)Cc1csc(NN=Cc2ccc3nc(N)sc3c2)n1. The smallest absolute Gasteiger partial charge is 0.311 e. The third-order valence-corrected chi connectivity index (χ3v) is 4.63. The summed E-state index contributed by atoms with van der Waals surface area (Å²) in [6.45, 7) is 2.15. The molecule has 3 rings (SSSR count). The first-order valence-electron chi connectivity index (χ1n) is 7.19. The Balaban J connectivity index is 1.61. The van der Waals surface area contributed by atoms with E-state index in [1.165, 1.54) is 22.7 Å². The summed E-state index contributed by atoms with van der Waals surface area (Å²) >= 11 is 2.82. The number of carbonyl (C=O) groups is 1. The van der Waals surface area contributed by atoms with Crippen molar-refractivity contribution in [2.75, 3.05) is 17.8 Å². The number of hydrazone groups is 1. The number of hydrogen-bond acceptors (Lipinski definition) is 9. The van der Waals surface area contributed by atoms with E-state index in [9.17, 15) is 4.79 Å². The van der Waals surface area contributed by atoms with E-state index in [1.54, 1.807) is 18.5 Å². The number of nitrogens with two attached hydrogens (primary N) is 1. The highest BCUT2D eigenvalue weighted by Gasteiger charge is 2.08. The molecule has 0 bridgehead atoms. The van der Waals surface area contributed by atoms with E-state index in [-0.39, 0.29) is 12.4 Å². The van der Waals surface area contributed by atoms with Gasteiger partial charge in [0.25, 0.3) is 0 Å². The van der Waals surface area contributed by atoms with Gasteiger partial charge in [-0.25, -0.2) is 9.97 Å². The van der Waals surface area contributed by atoms with Crippen molar-refractivity contribution in [3.05, 3.63) is 34.8 Å². The first-order chi connectivity index (χ1) is 11.6. The highest BCUT2D eigenvalue weighted by Crippen LogP contribution is 2.24. The van der Waals surface area contributed by atoms with Crippen LogP contribution < -0.4 is 11.2 Å². The molecule has 3 aromatic rings. The van der Waals surface area contributed by atoms with Crippen LogP contribution in [-0.2, 0) is 16.0 Å². The second-order valence-corrected chi connectivity index (χ2v) is 6.70. The monoisotopic (exact) mass is 361 g/mol. The van der Waals surface area contributed by atoms with Gasteiger partial charge in [-0.3, -0.25) is 10.2 Å². The lowest BCUT2D eigenvalue weighted by atomic mass is 10.2. The summed E-state index contributed by atoms with van der Waals surface area (Å²) in [5, 5.41) is 7.14. The lowest BCUT2D eigenvalue weighted by molar-refractivity contribution is -0.142. The fourth-order valence-electron chi connectivity index (χ4n) is 2.00. The van der Waals surface area contributed by atoms with Gasteiger partial charge in [0.2, 0.25) is 5.13 Å². The summed E-state index contributed by atoms with van der Waals surface area (Å²) in [6, 6.07) is 5.80. The lowest BCUT2D eigenvalue weighted by Crippen LogP contribution is -2.07. The Hall–Kier alpha value is -2.52. The van der Waals surface area contributed by atoms with Gasteiger partial charge in [0, 0.05) is 5.38 Å². The van der Waals surface area contributed by atoms with Crippen molar-refractivity contribution >= 4 is 55.3 Å². The molecule has 0 amide bonds. The second kappa shape index (κ2) is 7.37. The molecule has 7 nitrogen and oxygen atoms in total. The molecule has 0 saturated heterocycles. The Labute approximate surface area is 146 Å². The lowest BCUT2D eigenvalue weighted by Gasteiger charge is -1.98. The fourth-order valence-corrected chi connectivity index (χ4v) is 3.44. The molecule has 0 unspecified atom stereocenters. The minimum atomic E-state index is -0.282. The molecule has 2 aromatic heterocycles. The molecule has 0 saturated carbocycles. The van der Waals surface area contributed by atoms with Gasteiger partial charge >= 0.3 is 5.97 Å². The number of anilines is 2. The summed E-state index contributed by atoms with van der Waals surface area (Å²) in [7, 11) is 0. The standard InChI is InChI=1S/C15H15N5O2S2/c1-2-22-13(21)6-10-8-23-15(18-10)20-17-7-9-3-4-11-12(5-9)24-14(16)19-11/h3-5,7-8H,2,6H2,1H3,(H2,16,19)(H,18,20). The Kier molecular flexibility index (Phi) is 5.02. The predicted molar refractivity (Wildman–Crippen MR) is 97.7 cm³/mol. The summed E-state index contributed by atoms with van der Waals surface area (Å²) in [6.07, 6.45) is 1.86. The van der Waals surface area contributed by atoms with Gasteiger partial charge < -0.3 is 10.5 Å². The predicted octanol–water partition coefficient (Wildman–Crippen LogP) is 2.89. The largest absolute Gasteiger partial charge is 0.466 e. The first kappa shape index (κ1) is 16.3. The molecule has 0 fully saturated rings. The molecular formula is C15H15N5O2S2. The number of nitrogens with zero attached hydrogens (tertiary/aromatic N) is 3. The van der Waals surface area contributed by atoms with E-state index in [4.69, 9.17) is 10.5 Å². The Bertz CT molecular complexity index is 887. The van der Waals surface area contributed by atoms with Crippen LogP contribution in [0.2, 0.25) is 0 Å². The molecule has 0 aliphatic carbocycles. The number of thiazole rings is 2. The van der Waals surface area contributed by atoms with Crippen molar-refractivity contribution in [2.24, 2.45) is 5.10 Å². The van der Waals surface area contributed by atoms with Gasteiger partial charge in [-0.1, -0.05) is 17.4 Å². The first-order valence-corrected chi connectivity index (χ1v) is 8.89. The fraction of sp³-hybridized carbons (Fsp3) is 0.200. The number of fused-ring (bicyclic) bond motifs is 1. The number of carbonyl (C=O) groups excluding carboxylic acids is 1. The number of ether oxygens (including phenoxy) is 1. The molecule has 0 atom stereocenters. The van der Waals surface area contributed by atoms with Crippen LogP contribution in [0.25, 0.3) is 10.2 Å². The third-order valence-electron chi connectivity index (χ3n) is 2.99. The second-order valence-electron chi connectivity index (χ2n) is 4.78. The van der Waals surface area contributed by atoms with E-state index in [2.05, 4.69) is 20.5 Å². The number of hydrogen-bond donors (Lipinski definition) is 2. The van der Waals surface area contributed by atoms with Crippen molar-refractivity contribution in [1.82, 2.24) is 9.97 Å². The maximum atomic E-state index is 11.4. The highest BCUT2D eigenvalue weighted by molar-refractivity contribution is 7.22. The van der Waals surface area contributed by atoms with Crippen molar-refractivity contribution in [1.29, 1.82) is 0 Å². The Morgan fingerprint density at radius 2 is 2.33 bits per heavy atom. The molecule has 124 valence electrons. The summed E-state index contributed by atoms with van der Waals surface area (Å²) in [4.78, 5) is 19.9. The number of benzene rings is 1. The molecule has 0 aliphatic heterocycles. The summed E-state index contributed by atoms with van der Waals surface area (Å²) in [5.74, 6) is -0.282. The summed E-state index contributed by atoms with van der Waals surface area (Å²) in [5.41, 5.74) is 11.0. The molecule has 0 radical (unpaired) electrons. The molecule has 0 spiro atoms. The van der Waals surface area contributed by atoms with Crippen LogP contribution in [0.15, 0.2) is 28.7 Å². The van der Waals surface area contributed by atoms with Crippen molar-refractivity contribution in [3.63, 3.8) is 0 Å². The molecule has 24 heavy (non-hydrogen) atoms. The molecule has 1 aromatic carbocycles. The highest BCUT2D eigenvalue weighted by atomic mass is 32.1. The minimum Gasteiger partial charge on any atom is -0.466 e. The third kappa shape index (κ3) is 4.06. The van der Waals surface area contributed by atoms with Crippen molar-refractivity contribution in [3.8, 4) is 0 Å².